The molecular formula is C11H14N4O4. The standard InChI is InChI=1S/C11H14N4O4/c16-8-4-12-5-13-11-10(8)15(6-14-11)7-19-3-1-2-9(17)18/h5-6H,1-4,7H2,(H,12,13)(H,17,18). The topological polar surface area (TPSA) is 106 Å². The number of fused-ring (bicyclic) bond motifs is 1. The molecule has 2 rings (SSSR count). The Hall–Kier alpha value is -2.22. The van der Waals surface area contributed by atoms with E-state index in [0.717, 1.165) is 0 Å². The van der Waals surface area contributed by atoms with E-state index >= 15 is 0 Å². The van der Waals surface area contributed by atoms with Crippen molar-refractivity contribution in [2.24, 2.45) is 4.99 Å². The van der Waals surface area contributed by atoms with E-state index in [9.17, 15) is 9.59 Å². The summed E-state index contributed by atoms with van der Waals surface area (Å²) in [7, 11) is 0. The molecule has 1 aromatic heterocycles. The molecule has 0 amide bonds. The maximum Gasteiger partial charge on any atom is 0.303 e. The summed E-state index contributed by atoms with van der Waals surface area (Å²) in [6.07, 6.45) is 3.44. The number of imidazole rings is 1. The van der Waals surface area contributed by atoms with Gasteiger partial charge in [-0.1, -0.05) is 0 Å². The monoisotopic (exact) mass is 266 g/mol. The molecule has 0 aromatic carbocycles. The molecule has 0 unspecified atom stereocenters. The summed E-state index contributed by atoms with van der Waals surface area (Å²) in [6, 6.07) is 0. The fourth-order valence-corrected chi connectivity index (χ4v) is 1.68. The van der Waals surface area contributed by atoms with Crippen LogP contribution in [0.3, 0.4) is 0 Å². The molecule has 0 spiro atoms. The third kappa shape index (κ3) is 3.38. The van der Waals surface area contributed by atoms with Crippen LogP contribution in [0.5, 0.6) is 0 Å². The van der Waals surface area contributed by atoms with E-state index in [1.54, 1.807) is 4.57 Å². The highest BCUT2D eigenvalue weighted by Crippen LogP contribution is 2.15. The number of carboxylic acids is 1. The number of nitrogens with one attached hydrogen (secondary N) is 1. The molecule has 0 atom stereocenters. The van der Waals surface area contributed by atoms with E-state index in [0.29, 0.717) is 24.5 Å². The second kappa shape index (κ2) is 6.10. The van der Waals surface area contributed by atoms with Gasteiger partial charge in [0.2, 0.25) is 5.78 Å². The Balaban J connectivity index is 1.90. The molecule has 2 N–H and O–H groups in total. The lowest BCUT2D eigenvalue weighted by atomic mass is 10.3. The van der Waals surface area contributed by atoms with Gasteiger partial charge in [-0.25, -0.2) is 4.98 Å². The normalized spacial score (nSPS) is 13.8. The van der Waals surface area contributed by atoms with Gasteiger partial charge in [0.15, 0.2) is 5.82 Å². The van der Waals surface area contributed by atoms with E-state index in [1.807, 2.05) is 0 Å². The Morgan fingerprint density at radius 2 is 2.42 bits per heavy atom. The number of carbonyl (C=O) groups excluding carboxylic acids is 1. The average molecular weight is 266 g/mol. The van der Waals surface area contributed by atoms with Gasteiger partial charge in [0.05, 0.1) is 12.7 Å². The molecule has 8 nitrogen and oxygen atoms in total. The largest absolute Gasteiger partial charge is 0.481 e. The van der Waals surface area contributed by atoms with Gasteiger partial charge >= 0.3 is 5.97 Å². The first-order valence-electron chi connectivity index (χ1n) is 5.81. The van der Waals surface area contributed by atoms with Crippen molar-refractivity contribution >= 4 is 23.9 Å². The lowest BCUT2D eigenvalue weighted by Crippen LogP contribution is -2.13. The summed E-state index contributed by atoms with van der Waals surface area (Å²) in [4.78, 5) is 30.1. The molecule has 0 fully saturated rings. The van der Waals surface area contributed by atoms with Gasteiger partial charge in [0, 0.05) is 13.0 Å². The van der Waals surface area contributed by atoms with Crippen molar-refractivity contribution in [1.29, 1.82) is 0 Å². The molecular weight excluding hydrogens is 252 g/mol. The van der Waals surface area contributed by atoms with Gasteiger partial charge < -0.3 is 19.7 Å². The van der Waals surface area contributed by atoms with Gasteiger partial charge in [-0.3, -0.25) is 14.6 Å². The van der Waals surface area contributed by atoms with Crippen molar-refractivity contribution in [3.8, 4) is 0 Å². The molecule has 0 bridgehead atoms. The van der Waals surface area contributed by atoms with Crippen molar-refractivity contribution in [3.05, 3.63) is 12.0 Å². The highest BCUT2D eigenvalue weighted by molar-refractivity contribution is 6.04. The van der Waals surface area contributed by atoms with Crippen LogP contribution in [0.25, 0.3) is 0 Å². The van der Waals surface area contributed by atoms with Crippen molar-refractivity contribution in [2.75, 3.05) is 18.5 Å². The zero-order chi connectivity index (χ0) is 13.7. The van der Waals surface area contributed by atoms with Gasteiger partial charge in [-0.2, -0.15) is 0 Å². The van der Waals surface area contributed by atoms with Crippen LogP contribution in [0.1, 0.15) is 23.3 Å². The SMILES string of the molecule is O=C(O)CCCOCn1cnc2c1C(=O)CN=CN2. The number of ketones is 1. The van der Waals surface area contributed by atoms with Gasteiger partial charge in [-0.05, 0) is 6.42 Å². The smallest absolute Gasteiger partial charge is 0.303 e. The molecule has 2 heterocycles. The highest BCUT2D eigenvalue weighted by atomic mass is 16.5. The number of hydrogen-bond acceptors (Lipinski definition) is 6. The number of hydrogen-bond donors (Lipinski definition) is 2. The molecule has 0 radical (unpaired) electrons. The van der Waals surface area contributed by atoms with Crippen molar-refractivity contribution in [2.45, 2.75) is 19.6 Å². The molecule has 0 saturated carbocycles. The summed E-state index contributed by atoms with van der Waals surface area (Å²) in [5, 5.41) is 11.3. The summed E-state index contributed by atoms with van der Waals surface area (Å²) >= 11 is 0. The van der Waals surface area contributed by atoms with Crippen LogP contribution in [0, 0.1) is 0 Å². The van der Waals surface area contributed by atoms with Crippen LogP contribution >= 0.6 is 0 Å². The number of aliphatic carboxylic acids is 1. The summed E-state index contributed by atoms with van der Waals surface area (Å²) in [5.74, 6) is -0.528. The first kappa shape index (κ1) is 13.2. The Labute approximate surface area is 109 Å². The van der Waals surface area contributed by atoms with Gasteiger partial charge in [0.1, 0.15) is 19.0 Å². The molecule has 1 aliphatic rings. The van der Waals surface area contributed by atoms with Crippen LogP contribution in [0.2, 0.25) is 0 Å². The fraction of sp³-hybridized carbons (Fsp3) is 0.455. The second-order valence-corrected chi connectivity index (χ2v) is 3.98. The predicted molar refractivity (Wildman–Crippen MR) is 66.4 cm³/mol. The zero-order valence-corrected chi connectivity index (χ0v) is 10.2. The average Bonchev–Trinajstić information content (AvgIpc) is 2.67. The van der Waals surface area contributed by atoms with Crippen LogP contribution in [0.4, 0.5) is 5.82 Å². The van der Waals surface area contributed by atoms with Gasteiger partial charge in [0.25, 0.3) is 0 Å². The number of aliphatic imine (C=N–C) groups is 1. The van der Waals surface area contributed by atoms with Crippen LogP contribution in [-0.2, 0) is 16.3 Å². The molecule has 0 saturated heterocycles. The number of aromatic nitrogens is 2. The quantitative estimate of drug-likeness (QED) is 0.720. The first-order valence-corrected chi connectivity index (χ1v) is 5.81. The Bertz CT molecular complexity index is 509. The fourth-order valence-electron chi connectivity index (χ4n) is 1.68. The number of rotatable bonds is 6. The third-order valence-electron chi connectivity index (χ3n) is 2.54. The minimum Gasteiger partial charge on any atom is -0.481 e. The van der Waals surface area contributed by atoms with E-state index in [-0.39, 0.29) is 25.5 Å². The number of ether oxygens (including phenoxy) is 1. The third-order valence-corrected chi connectivity index (χ3v) is 2.54. The van der Waals surface area contributed by atoms with E-state index in [4.69, 9.17) is 9.84 Å². The first-order chi connectivity index (χ1) is 9.18. The van der Waals surface area contributed by atoms with Crippen molar-refractivity contribution in [3.63, 3.8) is 0 Å². The minimum absolute atomic E-state index is 0.0658. The lowest BCUT2D eigenvalue weighted by Gasteiger charge is -2.07. The number of carboxylic acid groups (broad SMARTS) is 1. The molecule has 102 valence electrons. The van der Waals surface area contributed by atoms with E-state index in [1.165, 1.54) is 12.7 Å². The molecule has 1 aliphatic heterocycles. The lowest BCUT2D eigenvalue weighted by molar-refractivity contribution is -0.137. The maximum atomic E-state index is 11.8. The second-order valence-electron chi connectivity index (χ2n) is 3.98. The Kier molecular flexibility index (Phi) is 4.24. The number of carbonyl (C=O) groups is 2. The molecule has 0 aliphatic carbocycles. The minimum atomic E-state index is -0.850. The van der Waals surface area contributed by atoms with Crippen LogP contribution in [-0.4, -0.2) is 45.9 Å². The van der Waals surface area contributed by atoms with Crippen molar-refractivity contribution < 1.29 is 19.4 Å². The van der Waals surface area contributed by atoms with Crippen LogP contribution in [0.15, 0.2) is 11.3 Å². The number of anilines is 1. The summed E-state index contributed by atoms with van der Waals surface area (Å²) < 4.78 is 6.91. The van der Waals surface area contributed by atoms with Gasteiger partial charge in [-0.15, -0.1) is 0 Å². The number of nitrogens with zero attached hydrogens (tertiary/aromatic N) is 3. The van der Waals surface area contributed by atoms with E-state index in [2.05, 4.69) is 15.3 Å². The molecule has 8 heteroatoms. The Morgan fingerprint density at radius 1 is 1.58 bits per heavy atom. The predicted octanol–water partition coefficient (Wildman–Crippen LogP) is 0.359. The number of Topliss-reactive ketones (excluding diaryl/α,β-unsaturated/α-hetero) is 1. The van der Waals surface area contributed by atoms with E-state index < -0.39 is 5.97 Å². The molecule has 1 aromatic rings. The maximum absolute atomic E-state index is 11.8. The van der Waals surface area contributed by atoms with Crippen molar-refractivity contribution in [1.82, 2.24) is 9.55 Å². The Morgan fingerprint density at radius 3 is 3.21 bits per heavy atom. The molecule has 19 heavy (non-hydrogen) atoms. The zero-order valence-electron chi connectivity index (χ0n) is 10.2. The van der Waals surface area contributed by atoms with Crippen LogP contribution < -0.4 is 5.32 Å². The summed E-state index contributed by atoms with van der Waals surface area (Å²) in [5.41, 5.74) is 0.427. The summed E-state index contributed by atoms with van der Waals surface area (Å²) in [6.45, 7) is 0.553. The highest BCUT2D eigenvalue weighted by Gasteiger charge is 2.19.